The highest BCUT2D eigenvalue weighted by molar-refractivity contribution is 5.42. The molecule has 0 unspecified atom stereocenters. The fraction of sp³-hybridized carbons (Fsp3) is 0.235. The molecule has 2 heteroatoms. The van der Waals surface area contributed by atoms with Gasteiger partial charge in [0.1, 0.15) is 12.4 Å². The Morgan fingerprint density at radius 1 is 1.00 bits per heavy atom. The van der Waals surface area contributed by atoms with Gasteiger partial charge in [-0.15, -0.1) is 0 Å². The van der Waals surface area contributed by atoms with Gasteiger partial charge in [0.15, 0.2) is 0 Å². The average molecular weight is 251 g/mol. The molecule has 0 saturated carbocycles. The third kappa shape index (κ3) is 3.35. The van der Waals surface area contributed by atoms with Crippen LogP contribution >= 0.6 is 0 Å². The molecule has 2 aromatic carbocycles. The lowest BCUT2D eigenvalue weighted by Crippen LogP contribution is -1.98. The van der Waals surface area contributed by atoms with E-state index in [1.165, 1.54) is 11.1 Å². The maximum Gasteiger partial charge on any atom is 0.124 e. The van der Waals surface area contributed by atoms with Crippen molar-refractivity contribution in [2.45, 2.75) is 27.4 Å². The number of nitriles is 1. The van der Waals surface area contributed by atoms with Gasteiger partial charge in [-0.2, -0.15) is 5.26 Å². The van der Waals surface area contributed by atoms with Crippen LogP contribution in [0.1, 0.15) is 27.8 Å². The highest BCUT2D eigenvalue weighted by Gasteiger charge is 2.03. The van der Waals surface area contributed by atoms with Crippen LogP contribution in [0.2, 0.25) is 0 Å². The van der Waals surface area contributed by atoms with Gasteiger partial charge in [-0.3, -0.25) is 0 Å². The molecule has 0 aliphatic heterocycles. The first-order valence-electron chi connectivity index (χ1n) is 6.29. The molecule has 2 nitrogen and oxygen atoms in total. The fourth-order valence-electron chi connectivity index (χ4n) is 2.14. The smallest absolute Gasteiger partial charge is 0.124 e. The van der Waals surface area contributed by atoms with Crippen molar-refractivity contribution in [1.82, 2.24) is 0 Å². The highest BCUT2D eigenvalue weighted by atomic mass is 16.5. The Morgan fingerprint density at radius 3 is 2.32 bits per heavy atom. The van der Waals surface area contributed by atoms with Crippen molar-refractivity contribution >= 4 is 0 Å². The quantitative estimate of drug-likeness (QED) is 0.824. The molecule has 0 bridgehead atoms. The summed E-state index contributed by atoms with van der Waals surface area (Å²) in [4.78, 5) is 0. The summed E-state index contributed by atoms with van der Waals surface area (Å²) >= 11 is 0. The minimum absolute atomic E-state index is 0.526. The summed E-state index contributed by atoms with van der Waals surface area (Å²) in [5, 5.41) is 8.91. The summed E-state index contributed by atoms with van der Waals surface area (Å²) in [5.41, 5.74) is 5.30. The van der Waals surface area contributed by atoms with Crippen LogP contribution in [-0.4, -0.2) is 0 Å². The van der Waals surface area contributed by atoms with Crippen LogP contribution in [0.25, 0.3) is 0 Å². The molecule has 0 radical (unpaired) electrons. The van der Waals surface area contributed by atoms with Crippen LogP contribution in [0.5, 0.6) is 5.75 Å². The molecule has 0 amide bonds. The van der Waals surface area contributed by atoms with E-state index in [9.17, 15) is 0 Å². The summed E-state index contributed by atoms with van der Waals surface area (Å²) in [5.74, 6) is 0.776. The van der Waals surface area contributed by atoms with E-state index in [1.54, 1.807) is 12.1 Å². The first-order chi connectivity index (χ1) is 9.08. The zero-order valence-electron chi connectivity index (χ0n) is 11.5. The van der Waals surface area contributed by atoms with Gasteiger partial charge in [-0.05, 0) is 44.0 Å². The molecular formula is C17H17NO. The Hall–Kier alpha value is -2.27. The van der Waals surface area contributed by atoms with Crippen molar-refractivity contribution in [2.24, 2.45) is 0 Å². The van der Waals surface area contributed by atoms with Crippen molar-refractivity contribution in [3.8, 4) is 11.8 Å². The van der Waals surface area contributed by atoms with E-state index in [1.807, 2.05) is 13.0 Å². The van der Waals surface area contributed by atoms with Crippen molar-refractivity contribution in [3.05, 3.63) is 64.2 Å². The SMILES string of the molecule is Cc1cc(C)cc(COc2cc(C#N)ccc2C)c1. The summed E-state index contributed by atoms with van der Waals surface area (Å²) < 4.78 is 5.82. The highest BCUT2D eigenvalue weighted by Crippen LogP contribution is 2.21. The molecule has 0 aliphatic rings. The van der Waals surface area contributed by atoms with E-state index in [2.05, 4.69) is 38.1 Å². The number of hydrogen-bond acceptors (Lipinski definition) is 2. The Labute approximate surface area is 114 Å². The first kappa shape index (κ1) is 13.2. The first-order valence-corrected chi connectivity index (χ1v) is 6.29. The fourth-order valence-corrected chi connectivity index (χ4v) is 2.14. The van der Waals surface area contributed by atoms with Crippen LogP contribution in [0.3, 0.4) is 0 Å². The van der Waals surface area contributed by atoms with E-state index >= 15 is 0 Å². The van der Waals surface area contributed by atoms with Crippen molar-refractivity contribution < 1.29 is 4.74 Å². The molecule has 2 rings (SSSR count). The van der Waals surface area contributed by atoms with Crippen LogP contribution in [-0.2, 0) is 6.61 Å². The van der Waals surface area contributed by atoms with E-state index in [4.69, 9.17) is 10.00 Å². The summed E-state index contributed by atoms with van der Waals surface area (Å²) in [6.45, 7) is 6.67. The molecule has 2 aromatic rings. The third-order valence-corrected chi connectivity index (χ3v) is 2.99. The van der Waals surface area contributed by atoms with Crippen LogP contribution in [0.4, 0.5) is 0 Å². The number of rotatable bonds is 3. The topological polar surface area (TPSA) is 33.0 Å². The Morgan fingerprint density at radius 2 is 1.68 bits per heavy atom. The summed E-state index contributed by atoms with van der Waals surface area (Å²) in [7, 11) is 0. The molecule has 0 atom stereocenters. The monoisotopic (exact) mass is 251 g/mol. The van der Waals surface area contributed by atoms with Crippen LogP contribution in [0, 0.1) is 32.1 Å². The van der Waals surface area contributed by atoms with Gasteiger partial charge in [0.05, 0.1) is 11.6 Å². The summed E-state index contributed by atoms with van der Waals surface area (Å²) in [6.07, 6.45) is 0. The van der Waals surface area contributed by atoms with E-state index in [0.717, 1.165) is 16.9 Å². The second-order valence-electron chi connectivity index (χ2n) is 4.88. The normalized spacial score (nSPS) is 10.0. The minimum atomic E-state index is 0.526. The maximum atomic E-state index is 8.91. The number of ether oxygens (including phenoxy) is 1. The molecule has 0 spiro atoms. The van der Waals surface area contributed by atoms with E-state index < -0.39 is 0 Å². The zero-order valence-corrected chi connectivity index (χ0v) is 11.5. The van der Waals surface area contributed by atoms with Gasteiger partial charge in [-0.1, -0.05) is 35.4 Å². The largest absolute Gasteiger partial charge is 0.489 e. The van der Waals surface area contributed by atoms with Gasteiger partial charge in [0, 0.05) is 0 Å². The van der Waals surface area contributed by atoms with Gasteiger partial charge in [0.2, 0.25) is 0 Å². The number of aryl methyl sites for hydroxylation is 3. The van der Waals surface area contributed by atoms with Gasteiger partial charge in [-0.25, -0.2) is 0 Å². The molecule has 0 fully saturated rings. The predicted octanol–water partition coefficient (Wildman–Crippen LogP) is 4.06. The predicted molar refractivity (Wildman–Crippen MR) is 76.1 cm³/mol. The molecule has 0 N–H and O–H groups in total. The van der Waals surface area contributed by atoms with Crippen molar-refractivity contribution in [1.29, 1.82) is 5.26 Å². The van der Waals surface area contributed by atoms with Gasteiger partial charge >= 0.3 is 0 Å². The Kier molecular flexibility index (Phi) is 3.87. The molecule has 0 saturated heterocycles. The lowest BCUT2D eigenvalue weighted by Gasteiger charge is -2.10. The molecule has 0 aliphatic carbocycles. The third-order valence-electron chi connectivity index (χ3n) is 2.99. The standard InChI is InChI=1S/C17H17NO/c1-12-6-13(2)8-16(7-12)11-19-17-9-15(10-18)5-4-14(17)3/h4-9H,11H2,1-3H3. The van der Waals surface area contributed by atoms with Crippen LogP contribution < -0.4 is 4.74 Å². The minimum Gasteiger partial charge on any atom is -0.489 e. The molecule has 0 aromatic heterocycles. The number of benzene rings is 2. The number of hydrogen-bond donors (Lipinski definition) is 0. The van der Waals surface area contributed by atoms with E-state index in [0.29, 0.717) is 12.2 Å². The van der Waals surface area contributed by atoms with Gasteiger partial charge < -0.3 is 4.74 Å². The lowest BCUT2D eigenvalue weighted by molar-refractivity contribution is 0.304. The Balaban J connectivity index is 2.16. The second-order valence-corrected chi connectivity index (χ2v) is 4.88. The molecular weight excluding hydrogens is 234 g/mol. The molecule has 96 valence electrons. The average Bonchev–Trinajstić information content (AvgIpc) is 2.37. The Bertz CT molecular complexity index is 618. The second kappa shape index (κ2) is 5.58. The lowest BCUT2D eigenvalue weighted by atomic mass is 10.1. The molecule has 19 heavy (non-hydrogen) atoms. The number of nitrogens with zero attached hydrogens (tertiary/aromatic N) is 1. The van der Waals surface area contributed by atoms with Crippen LogP contribution in [0.15, 0.2) is 36.4 Å². The van der Waals surface area contributed by atoms with E-state index in [-0.39, 0.29) is 0 Å². The molecule has 0 heterocycles. The van der Waals surface area contributed by atoms with Crippen molar-refractivity contribution in [3.63, 3.8) is 0 Å². The van der Waals surface area contributed by atoms with Gasteiger partial charge in [0.25, 0.3) is 0 Å². The summed E-state index contributed by atoms with van der Waals surface area (Å²) in [6, 6.07) is 14.0. The van der Waals surface area contributed by atoms with Crippen molar-refractivity contribution in [2.75, 3.05) is 0 Å². The maximum absolute atomic E-state index is 8.91. The zero-order chi connectivity index (χ0) is 13.8.